The molecule has 1 aliphatic rings. The molecule has 1 atom stereocenters. The van der Waals surface area contributed by atoms with E-state index in [-0.39, 0.29) is 18.0 Å². The molecular formula is C22H25N3O3S2. The van der Waals surface area contributed by atoms with E-state index in [1.165, 1.54) is 0 Å². The van der Waals surface area contributed by atoms with Gasteiger partial charge in [0, 0.05) is 23.3 Å². The van der Waals surface area contributed by atoms with Crippen molar-refractivity contribution >= 4 is 46.2 Å². The number of benzene rings is 1. The Hall–Kier alpha value is -2.71. The summed E-state index contributed by atoms with van der Waals surface area (Å²) in [6.45, 7) is 5.50. The monoisotopic (exact) mass is 443 g/mol. The summed E-state index contributed by atoms with van der Waals surface area (Å²) >= 11 is 6.98. The maximum Gasteiger partial charge on any atom is 0.338 e. The first-order valence-corrected chi connectivity index (χ1v) is 10.9. The molecule has 1 amide bonds. The molecule has 1 aromatic heterocycles. The number of esters is 1. The number of nitrogens with zero attached hydrogens (tertiary/aromatic N) is 1. The third kappa shape index (κ3) is 5.06. The molecule has 3 rings (SSSR count). The minimum atomic E-state index is -0.421. The minimum absolute atomic E-state index is 0.0688. The van der Waals surface area contributed by atoms with Crippen LogP contribution in [-0.4, -0.2) is 35.0 Å². The quantitative estimate of drug-likeness (QED) is 0.519. The molecule has 0 saturated heterocycles. The molecule has 2 N–H and O–H groups in total. The summed E-state index contributed by atoms with van der Waals surface area (Å²) in [5.74, 6) is -0.441. The molecule has 8 heteroatoms. The Bertz CT molecular complexity index is 966. The third-order valence-corrected chi connectivity index (χ3v) is 6.03. The van der Waals surface area contributed by atoms with Crippen molar-refractivity contribution in [1.29, 1.82) is 0 Å². The van der Waals surface area contributed by atoms with Gasteiger partial charge in [-0.1, -0.05) is 18.2 Å². The number of thiophene rings is 1. The molecule has 0 unspecified atom stereocenters. The van der Waals surface area contributed by atoms with Crippen LogP contribution in [0.2, 0.25) is 0 Å². The Kier molecular flexibility index (Phi) is 6.89. The SMILES string of the molecule is CC1=C(C(=O)OC(C)C)[C@H](c2ccc(NC(=O)Cc3cccs3)cc2)NC(=S)N1C. The van der Waals surface area contributed by atoms with Crippen LogP contribution in [0, 0.1) is 0 Å². The smallest absolute Gasteiger partial charge is 0.338 e. The second-order valence-corrected chi connectivity index (χ2v) is 8.74. The molecular weight excluding hydrogens is 418 g/mol. The maximum absolute atomic E-state index is 12.8. The standard InChI is InChI=1S/C22H25N3O3S2/c1-13(2)28-21(27)19-14(3)25(4)22(29)24-20(19)15-7-9-16(10-8-15)23-18(26)12-17-6-5-11-30-17/h5-11,13,20H,12H2,1-4H3,(H,23,26)(H,24,29)/t20-/m0/s1. The summed E-state index contributed by atoms with van der Waals surface area (Å²) in [4.78, 5) is 27.8. The lowest BCUT2D eigenvalue weighted by Crippen LogP contribution is -2.46. The average Bonchev–Trinajstić information content (AvgIpc) is 3.18. The molecule has 0 radical (unpaired) electrons. The number of anilines is 1. The summed E-state index contributed by atoms with van der Waals surface area (Å²) in [5.41, 5.74) is 2.83. The van der Waals surface area contributed by atoms with Gasteiger partial charge >= 0.3 is 5.97 Å². The van der Waals surface area contributed by atoms with Crippen LogP contribution in [0.15, 0.2) is 53.0 Å². The van der Waals surface area contributed by atoms with Crippen molar-refractivity contribution < 1.29 is 14.3 Å². The summed E-state index contributed by atoms with van der Waals surface area (Å²) in [5, 5.41) is 8.61. The largest absolute Gasteiger partial charge is 0.459 e. The van der Waals surface area contributed by atoms with Gasteiger partial charge in [-0.3, -0.25) is 4.79 Å². The third-order valence-electron chi connectivity index (χ3n) is 4.76. The van der Waals surface area contributed by atoms with E-state index in [0.29, 0.717) is 22.8 Å². The van der Waals surface area contributed by atoms with E-state index >= 15 is 0 Å². The molecule has 0 bridgehead atoms. The van der Waals surface area contributed by atoms with Crippen LogP contribution < -0.4 is 10.6 Å². The molecule has 1 aliphatic heterocycles. The van der Waals surface area contributed by atoms with Crippen molar-refractivity contribution in [2.24, 2.45) is 0 Å². The highest BCUT2D eigenvalue weighted by atomic mass is 32.1. The van der Waals surface area contributed by atoms with Gasteiger partial charge in [-0.2, -0.15) is 0 Å². The molecule has 2 heterocycles. The van der Waals surface area contributed by atoms with Crippen LogP contribution >= 0.6 is 23.6 Å². The van der Waals surface area contributed by atoms with E-state index in [4.69, 9.17) is 17.0 Å². The van der Waals surface area contributed by atoms with Crippen LogP contribution in [-0.2, 0) is 20.7 Å². The van der Waals surface area contributed by atoms with Gasteiger partial charge in [-0.15, -0.1) is 11.3 Å². The van der Waals surface area contributed by atoms with Crippen molar-refractivity contribution in [2.75, 3.05) is 12.4 Å². The number of hydrogen-bond acceptors (Lipinski definition) is 5. The first-order chi connectivity index (χ1) is 14.3. The van der Waals surface area contributed by atoms with Gasteiger partial charge in [0.1, 0.15) is 0 Å². The predicted octanol–water partition coefficient (Wildman–Crippen LogP) is 4.02. The van der Waals surface area contributed by atoms with E-state index in [1.807, 2.05) is 69.6 Å². The first-order valence-electron chi connectivity index (χ1n) is 9.64. The number of nitrogens with one attached hydrogen (secondary N) is 2. The van der Waals surface area contributed by atoms with Crippen molar-refractivity contribution in [3.63, 3.8) is 0 Å². The van der Waals surface area contributed by atoms with Gasteiger partial charge in [-0.05, 0) is 62.1 Å². The molecule has 1 aromatic carbocycles. The lowest BCUT2D eigenvalue weighted by molar-refractivity contribution is -0.143. The van der Waals surface area contributed by atoms with Crippen LogP contribution in [0.25, 0.3) is 0 Å². The Balaban J connectivity index is 1.79. The van der Waals surface area contributed by atoms with Crippen molar-refractivity contribution in [1.82, 2.24) is 10.2 Å². The minimum Gasteiger partial charge on any atom is -0.459 e. The Morgan fingerprint density at radius 1 is 1.27 bits per heavy atom. The zero-order valence-electron chi connectivity index (χ0n) is 17.4. The number of carbonyl (C=O) groups is 2. The number of ether oxygens (including phenoxy) is 1. The van der Waals surface area contributed by atoms with Crippen LogP contribution in [0.3, 0.4) is 0 Å². The predicted molar refractivity (Wildman–Crippen MR) is 123 cm³/mol. The normalized spacial score (nSPS) is 16.5. The molecule has 0 spiro atoms. The van der Waals surface area contributed by atoms with Gasteiger partial charge in [0.2, 0.25) is 5.91 Å². The maximum atomic E-state index is 12.8. The molecule has 2 aromatic rings. The Morgan fingerprint density at radius 3 is 2.57 bits per heavy atom. The highest BCUT2D eigenvalue weighted by molar-refractivity contribution is 7.80. The second-order valence-electron chi connectivity index (χ2n) is 7.32. The molecule has 0 fully saturated rings. The lowest BCUT2D eigenvalue weighted by atomic mass is 9.95. The summed E-state index contributed by atoms with van der Waals surface area (Å²) < 4.78 is 5.46. The fourth-order valence-electron chi connectivity index (χ4n) is 3.16. The van der Waals surface area contributed by atoms with E-state index < -0.39 is 6.04 Å². The van der Waals surface area contributed by atoms with Crippen LogP contribution in [0.4, 0.5) is 5.69 Å². The lowest BCUT2D eigenvalue weighted by Gasteiger charge is -2.35. The molecule has 0 saturated carbocycles. The summed E-state index contributed by atoms with van der Waals surface area (Å²) in [6.07, 6.45) is 0.121. The van der Waals surface area contributed by atoms with Gasteiger partial charge in [0.05, 0.1) is 24.1 Å². The fraction of sp³-hybridized carbons (Fsp3) is 0.318. The van der Waals surface area contributed by atoms with Crippen LogP contribution in [0.1, 0.15) is 37.3 Å². The van der Waals surface area contributed by atoms with Gasteiger partial charge in [-0.25, -0.2) is 4.79 Å². The second kappa shape index (κ2) is 9.40. The topological polar surface area (TPSA) is 70.7 Å². The summed E-state index contributed by atoms with van der Waals surface area (Å²) in [7, 11) is 1.82. The van der Waals surface area contributed by atoms with Gasteiger partial charge < -0.3 is 20.3 Å². The number of rotatable bonds is 6. The summed E-state index contributed by atoms with van der Waals surface area (Å²) in [6, 6.07) is 10.9. The first kappa shape index (κ1) is 22.0. The molecule has 0 aliphatic carbocycles. The molecule has 158 valence electrons. The van der Waals surface area contributed by atoms with Gasteiger partial charge in [0.25, 0.3) is 0 Å². The molecule has 30 heavy (non-hydrogen) atoms. The number of allylic oxidation sites excluding steroid dienone is 1. The highest BCUT2D eigenvalue weighted by Crippen LogP contribution is 2.31. The van der Waals surface area contributed by atoms with Crippen LogP contribution in [0.5, 0.6) is 0 Å². The van der Waals surface area contributed by atoms with E-state index in [2.05, 4.69) is 10.6 Å². The van der Waals surface area contributed by atoms with Crippen molar-refractivity contribution in [3.05, 3.63) is 63.5 Å². The zero-order valence-corrected chi connectivity index (χ0v) is 19.0. The average molecular weight is 444 g/mol. The number of thiocarbonyl (C=S) groups is 1. The zero-order chi connectivity index (χ0) is 21.8. The fourth-order valence-corrected chi connectivity index (χ4v) is 4.12. The Morgan fingerprint density at radius 2 is 1.97 bits per heavy atom. The van der Waals surface area contributed by atoms with E-state index in [0.717, 1.165) is 16.1 Å². The van der Waals surface area contributed by atoms with Crippen molar-refractivity contribution in [2.45, 2.75) is 39.3 Å². The van der Waals surface area contributed by atoms with E-state index in [9.17, 15) is 9.59 Å². The van der Waals surface area contributed by atoms with Gasteiger partial charge in [0.15, 0.2) is 5.11 Å². The number of amides is 1. The molecule has 6 nitrogen and oxygen atoms in total. The number of carbonyl (C=O) groups excluding carboxylic acids is 2. The van der Waals surface area contributed by atoms with Crippen molar-refractivity contribution in [3.8, 4) is 0 Å². The highest BCUT2D eigenvalue weighted by Gasteiger charge is 2.33. The Labute approximate surface area is 185 Å². The van der Waals surface area contributed by atoms with E-state index in [1.54, 1.807) is 16.2 Å². The number of hydrogen-bond donors (Lipinski definition) is 2.